The number of nitrogens with zero attached hydrogens (tertiary/aromatic N) is 3. The molecule has 0 bridgehead atoms. The Morgan fingerprint density at radius 3 is 2.58 bits per heavy atom. The van der Waals surface area contributed by atoms with E-state index in [2.05, 4.69) is 38.6 Å². The second-order valence-corrected chi connectivity index (χ2v) is 8.00. The van der Waals surface area contributed by atoms with Crippen LogP contribution in [0.1, 0.15) is 56.9 Å². The molecule has 0 aromatic carbocycles. The van der Waals surface area contributed by atoms with Gasteiger partial charge in [-0.05, 0) is 57.6 Å². The van der Waals surface area contributed by atoms with Crippen LogP contribution in [0.5, 0.6) is 0 Å². The molecule has 0 amide bonds. The Morgan fingerprint density at radius 1 is 1.19 bits per heavy atom. The molecule has 2 N–H and O–H groups in total. The van der Waals surface area contributed by atoms with Crippen molar-refractivity contribution in [2.45, 2.75) is 53.5 Å². The highest BCUT2D eigenvalue weighted by Crippen LogP contribution is 2.29. The fourth-order valence-electron chi connectivity index (χ4n) is 3.34. The lowest BCUT2D eigenvalue weighted by atomic mass is 10.1. The highest BCUT2D eigenvalue weighted by molar-refractivity contribution is 5.74. The van der Waals surface area contributed by atoms with E-state index in [1.807, 2.05) is 39.0 Å². The first-order valence-electron chi connectivity index (χ1n) is 11.0. The molecule has 0 aliphatic heterocycles. The van der Waals surface area contributed by atoms with Crippen molar-refractivity contribution in [3.63, 3.8) is 0 Å². The zero-order valence-corrected chi connectivity index (χ0v) is 18.9. The molecule has 3 rings (SSSR count). The van der Waals surface area contributed by atoms with E-state index < -0.39 is 0 Å². The smallest absolute Gasteiger partial charge is 0.149 e. The maximum absolute atomic E-state index is 14.9. The van der Waals surface area contributed by atoms with Gasteiger partial charge in [0.25, 0.3) is 0 Å². The fourth-order valence-corrected chi connectivity index (χ4v) is 3.34. The first-order chi connectivity index (χ1) is 15.0. The Labute approximate surface area is 184 Å². The lowest BCUT2D eigenvalue weighted by Gasteiger charge is -2.13. The number of allylic oxidation sites excluding steroid dienone is 6. The summed E-state index contributed by atoms with van der Waals surface area (Å²) < 4.78 is 14.9. The van der Waals surface area contributed by atoms with Crippen molar-refractivity contribution in [3.05, 3.63) is 71.1 Å². The van der Waals surface area contributed by atoms with Gasteiger partial charge in [0.2, 0.25) is 0 Å². The topological polar surface area (TPSA) is 62.7 Å². The van der Waals surface area contributed by atoms with Gasteiger partial charge in [0.05, 0.1) is 0 Å². The van der Waals surface area contributed by atoms with Crippen molar-refractivity contribution in [1.29, 1.82) is 0 Å². The number of aromatic nitrogens is 3. The van der Waals surface area contributed by atoms with Gasteiger partial charge in [-0.15, -0.1) is 0 Å². The lowest BCUT2D eigenvalue weighted by molar-refractivity contribution is 0.614. The number of anilines is 2. The standard InChI is InChI=1S/C25H32FN5/c1-5-7-17(3)11-21(8-6-2)23-22(26)12-20(14-27-23)15-29-25-18(4)24(30-16-31-25)28-13-19-9-10-19/h6-8,11-12,14,16,19H,5,9-10,13,15H2,1-4H3,(H2,28,29,30,31)/b8-6-,17-7+,21-11+. The molecule has 0 unspecified atom stereocenters. The first kappa shape index (κ1) is 22.7. The van der Waals surface area contributed by atoms with Gasteiger partial charge in [-0.25, -0.2) is 14.4 Å². The number of rotatable bonds is 10. The van der Waals surface area contributed by atoms with Crippen LogP contribution in [0.25, 0.3) is 5.57 Å². The summed E-state index contributed by atoms with van der Waals surface area (Å²) in [6, 6.07) is 1.54. The van der Waals surface area contributed by atoms with E-state index in [0.717, 1.165) is 52.8 Å². The number of halogens is 1. The lowest BCUT2D eigenvalue weighted by Crippen LogP contribution is -2.10. The highest BCUT2D eigenvalue weighted by Gasteiger charge is 2.21. The SMILES string of the molecule is C\C=C/C(=C\C(C)=C\CC)c1ncc(CNc2ncnc(NCC3CC3)c2C)cc1F. The Hall–Kier alpha value is -3.02. The number of nitrogens with one attached hydrogen (secondary N) is 2. The normalized spacial score (nSPS) is 14.9. The molecule has 5 nitrogen and oxygen atoms in total. The van der Waals surface area contributed by atoms with Crippen LogP contribution < -0.4 is 10.6 Å². The molecule has 1 aliphatic rings. The predicted molar refractivity (Wildman–Crippen MR) is 126 cm³/mol. The number of hydrogen-bond acceptors (Lipinski definition) is 5. The maximum Gasteiger partial charge on any atom is 0.149 e. The minimum atomic E-state index is -0.334. The van der Waals surface area contributed by atoms with Gasteiger partial charge >= 0.3 is 0 Å². The summed E-state index contributed by atoms with van der Waals surface area (Å²) in [6.07, 6.45) is 14.6. The summed E-state index contributed by atoms with van der Waals surface area (Å²) in [7, 11) is 0. The Kier molecular flexibility index (Phi) is 7.93. The van der Waals surface area contributed by atoms with E-state index >= 15 is 0 Å². The van der Waals surface area contributed by atoms with Crippen molar-refractivity contribution >= 4 is 17.2 Å². The third-order valence-corrected chi connectivity index (χ3v) is 5.23. The van der Waals surface area contributed by atoms with E-state index in [9.17, 15) is 4.39 Å². The molecule has 31 heavy (non-hydrogen) atoms. The summed E-state index contributed by atoms with van der Waals surface area (Å²) in [5.74, 6) is 2.02. The van der Waals surface area contributed by atoms with Crippen LogP contribution in [0.3, 0.4) is 0 Å². The van der Waals surface area contributed by atoms with Crippen LogP contribution in [0.15, 0.2) is 48.5 Å². The molecule has 2 aromatic rings. The molecule has 1 aliphatic carbocycles. The second-order valence-electron chi connectivity index (χ2n) is 8.00. The minimum absolute atomic E-state index is 0.334. The van der Waals surface area contributed by atoms with Gasteiger partial charge in [0.1, 0.15) is 29.5 Å². The van der Waals surface area contributed by atoms with Crippen LogP contribution in [0.2, 0.25) is 0 Å². The van der Waals surface area contributed by atoms with E-state index in [0.29, 0.717) is 12.2 Å². The fraction of sp³-hybridized carbons (Fsp3) is 0.400. The van der Waals surface area contributed by atoms with Crippen molar-refractivity contribution in [1.82, 2.24) is 15.0 Å². The average molecular weight is 422 g/mol. The van der Waals surface area contributed by atoms with E-state index in [1.165, 1.54) is 18.9 Å². The summed E-state index contributed by atoms with van der Waals surface area (Å²) in [5, 5.41) is 6.69. The molecule has 2 aromatic heterocycles. The summed E-state index contributed by atoms with van der Waals surface area (Å²) in [4.78, 5) is 13.1. The zero-order valence-electron chi connectivity index (χ0n) is 18.9. The number of hydrogen-bond donors (Lipinski definition) is 2. The van der Waals surface area contributed by atoms with Gasteiger partial charge in [-0.2, -0.15) is 0 Å². The average Bonchev–Trinajstić information content (AvgIpc) is 3.57. The summed E-state index contributed by atoms with van der Waals surface area (Å²) in [6.45, 7) is 9.38. The van der Waals surface area contributed by atoms with Crippen molar-refractivity contribution < 1.29 is 4.39 Å². The molecular weight excluding hydrogens is 389 g/mol. The van der Waals surface area contributed by atoms with Gasteiger partial charge in [-0.1, -0.05) is 36.8 Å². The molecular formula is C25H32FN5. The third-order valence-electron chi connectivity index (χ3n) is 5.23. The summed E-state index contributed by atoms with van der Waals surface area (Å²) in [5.41, 5.74) is 3.93. The van der Waals surface area contributed by atoms with Gasteiger partial charge in [-0.3, -0.25) is 4.98 Å². The van der Waals surface area contributed by atoms with Gasteiger partial charge in [0.15, 0.2) is 0 Å². The molecule has 1 fully saturated rings. The van der Waals surface area contributed by atoms with Crippen LogP contribution >= 0.6 is 0 Å². The largest absolute Gasteiger partial charge is 0.369 e. The van der Waals surface area contributed by atoms with Crippen molar-refractivity contribution in [2.75, 3.05) is 17.2 Å². The Balaban J connectivity index is 1.71. The number of pyridine rings is 1. The Morgan fingerprint density at radius 2 is 1.94 bits per heavy atom. The molecule has 0 saturated heterocycles. The van der Waals surface area contributed by atoms with Crippen molar-refractivity contribution in [3.8, 4) is 0 Å². The second kappa shape index (κ2) is 10.8. The molecule has 2 heterocycles. The van der Waals surface area contributed by atoms with Crippen LogP contribution in [0.4, 0.5) is 16.0 Å². The van der Waals surface area contributed by atoms with Gasteiger partial charge in [0, 0.05) is 30.4 Å². The quantitative estimate of drug-likeness (QED) is 0.456. The zero-order chi connectivity index (χ0) is 22.2. The molecule has 0 atom stereocenters. The molecule has 1 saturated carbocycles. The minimum Gasteiger partial charge on any atom is -0.369 e. The van der Waals surface area contributed by atoms with Gasteiger partial charge < -0.3 is 10.6 Å². The van der Waals surface area contributed by atoms with Crippen LogP contribution in [-0.2, 0) is 6.54 Å². The van der Waals surface area contributed by atoms with E-state index in [-0.39, 0.29) is 5.82 Å². The van der Waals surface area contributed by atoms with E-state index in [1.54, 1.807) is 12.5 Å². The van der Waals surface area contributed by atoms with Crippen molar-refractivity contribution in [2.24, 2.45) is 5.92 Å². The first-order valence-corrected chi connectivity index (χ1v) is 11.0. The summed E-state index contributed by atoms with van der Waals surface area (Å²) >= 11 is 0. The highest BCUT2D eigenvalue weighted by atomic mass is 19.1. The molecule has 164 valence electrons. The third kappa shape index (κ3) is 6.48. The molecule has 0 spiro atoms. The van der Waals surface area contributed by atoms with Crippen LogP contribution in [0, 0.1) is 18.7 Å². The molecule has 6 heteroatoms. The maximum atomic E-state index is 14.9. The van der Waals surface area contributed by atoms with Crippen LogP contribution in [-0.4, -0.2) is 21.5 Å². The molecule has 0 radical (unpaired) electrons. The van der Waals surface area contributed by atoms with E-state index in [4.69, 9.17) is 0 Å². The predicted octanol–water partition coefficient (Wildman–Crippen LogP) is 6.07. The monoisotopic (exact) mass is 421 g/mol. The Bertz CT molecular complexity index is 989.